The van der Waals surface area contributed by atoms with Gasteiger partial charge in [-0.05, 0) is 42.9 Å². The smallest absolute Gasteiger partial charge is 0.124 e. The third kappa shape index (κ3) is 2.84. The molecule has 1 aliphatic carbocycles. The van der Waals surface area contributed by atoms with Crippen LogP contribution in [0.25, 0.3) is 0 Å². The van der Waals surface area contributed by atoms with E-state index >= 15 is 0 Å². The van der Waals surface area contributed by atoms with Crippen LogP contribution in [0.4, 0.5) is 4.39 Å². The molecule has 1 aliphatic rings. The number of rotatable bonds is 2. The van der Waals surface area contributed by atoms with Crippen LogP contribution in [0.2, 0.25) is 5.02 Å². The molecule has 3 heteroatoms. The molecular weight excluding hydrogens is 249 g/mol. The Bertz CT molecular complexity index is 480. The molecule has 18 heavy (non-hydrogen) atoms. The fourth-order valence-electron chi connectivity index (χ4n) is 2.99. The van der Waals surface area contributed by atoms with Gasteiger partial charge in [0.1, 0.15) is 5.82 Å². The molecule has 0 amide bonds. The fourth-order valence-corrected chi connectivity index (χ4v) is 3.23. The number of nitrogens with zero attached hydrogens (tertiary/aromatic N) is 1. The van der Waals surface area contributed by atoms with E-state index in [1.165, 1.54) is 18.6 Å². The summed E-state index contributed by atoms with van der Waals surface area (Å²) in [5.41, 5.74) is 0.563. The zero-order valence-electron chi connectivity index (χ0n) is 10.5. The van der Waals surface area contributed by atoms with Crippen LogP contribution in [0.15, 0.2) is 18.2 Å². The average molecular weight is 266 g/mol. The van der Waals surface area contributed by atoms with E-state index in [0.717, 1.165) is 24.8 Å². The molecule has 2 rings (SSSR count). The maximum atomic E-state index is 13.0. The molecule has 96 valence electrons. The third-order valence-corrected chi connectivity index (χ3v) is 4.22. The van der Waals surface area contributed by atoms with Gasteiger partial charge in [-0.25, -0.2) is 4.39 Å². The Labute approximate surface area is 113 Å². The van der Waals surface area contributed by atoms with Crippen LogP contribution in [-0.4, -0.2) is 0 Å². The predicted molar refractivity (Wildman–Crippen MR) is 70.8 cm³/mol. The normalized spacial score (nSPS) is 27.8. The number of nitriles is 1. The Balaban J connectivity index is 2.22. The van der Waals surface area contributed by atoms with Crippen molar-refractivity contribution in [3.8, 4) is 6.07 Å². The lowest BCUT2D eigenvalue weighted by Gasteiger charge is -2.34. The highest BCUT2D eigenvalue weighted by Gasteiger charge is 2.35. The predicted octanol–water partition coefficient (Wildman–Crippen LogP) is 4.74. The van der Waals surface area contributed by atoms with Crippen LogP contribution in [-0.2, 0) is 6.42 Å². The number of hydrogen-bond acceptors (Lipinski definition) is 1. The number of benzene rings is 1. The van der Waals surface area contributed by atoms with E-state index in [9.17, 15) is 9.65 Å². The molecule has 0 radical (unpaired) electrons. The van der Waals surface area contributed by atoms with Gasteiger partial charge in [-0.15, -0.1) is 0 Å². The molecule has 1 saturated carbocycles. The minimum atomic E-state index is -0.327. The minimum Gasteiger partial charge on any atom is -0.207 e. The summed E-state index contributed by atoms with van der Waals surface area (Å²) in [6, 6.07) is 6.93. The lowest BCUT2D eigenvalue weighted by Crippen LogP contribution is -2.28. The van der Waals surface area contributed by atoms with Crippen molar-refractivity contribution in [2.45, 2.75) is 39.0 Å². The summed E-state index contributed by atoms with van der Waals surface area (Å²) in [4.78, 5) is 0. The Morgan fingerprint density at radius 2 is 2.33 bits per heavy atom. The highest BCUT2D eigenvalue weighted by Crippen LogP contribution is 2.42. The molecule has 1 aromatic carbocycles. The van der Waals surface area contributed by atoms with Crippen LogP contribution >= 0.6 is 11.6 Å². The zero-order valence-corrected chi connectivity index (χ0v) is 11.3. The molecule has 1 fully saturated rings. The molecule has 0 aliphatic heterocycles. The van der Waals surface area contributed by atoms with Crippen molar-refractivity contribution in [3.63, 3.8) is 0 Å². The first-order valence-corrected chi connectivity index (χ1v) is 6.78. The maximum Gasteiger partial charge on any atom is 0.124 e. The molecular formula is C15H17ClFN. The van der Waals surface area contributed by atoms with Crippen LogP contribution in [0.5, 0.6) is 0 Å². The van der Waals surface area contributed by atoms with E-state index in [2.05, 4.69) is 13.0 Å². The standard InChI is InChI=1S/C15H17ClFN/c1-11-3-2-6-15(8-11,10-18)9-12-4-5-13(17)7-14(12)16/h4-5,7,11H,2-3,6,8-9H2,1H3. The SMILES string of the molecule is CC1CCCC(C#N)(Cc2ccc(F)cc2Cl)C1. The van der Waals surface area contributed by atoms with Crippen LogP contribution in [0.1, 0.15) is 38.2 Å². The first-order chi connectivity index (χ1) is 8.54. The van der Waals surface area contributed by atoms with Gasteiger partial charge >= 0.3 is 0 Å². The van der Waals surface area contributed by atoms with Crippen molar-refractivity contribution in [1.82, 2.24) is 0 Å². The maximum absolute atomic E-state index is 13.0. The quantitative estimate of drug-likeness (QED) is 0.758. The van der Waals surface area contributed by atoms with Crippen molar-refractivity contribution >= 4 is 11.6 Å². The first kappa shape index (κ1) is 13.4. The summed E-state index contributed by atoms with van der Waals surface area (Å²) >= 11 is 6.05. The third-order valence-electron chi connectivity index (χ3n) is 3.87. The van der Waals surface area contributed by atoms with E-state index in [1.807, 2.05) is 0 Å². The van der Waals surface area contributed by atoms with Crippen molar-refractivity contribution in [3.05, 3.63) is 34.6 Å². The second kappa shape index (κ2) is 5.28. The Kier molecular flexibility index (Phi) is 3.92. The van der Waals surface area contributed by atoms with Gasteiger partial charge in [0.05, 0.1) is 11.5 Å². The van der Waals surface area contributed by atoms with Gasteiger partial charge in [0.15, 0.2) is 0 Å². The number of halogens is 2. The van der Waals surface area contributed by atoms with E-state index in [1.54, 1.807) is 6.07 Å². The lowest BCUT2D eigenvalue weighted by atomic mass is 9.68. The number of hydrogen-bond donors (Lipinski definition) is 0. The molecule has 1 nitrogen and oxygen atoms in total. The lowest BCUT2D eigenvalue weighted by molar-refractivity contribution is 0.209. The molecule has 0 N–H and O–H groups in total. The Morgan fingerprint density at radius 3 is 2.94 bits per heavy atom. The van der Waals surface area contributed by atoms with E-state index in [-0.39, 0.29) is 11.2 Å². The molecule has 0 heterocycles. The second-order valence-electron chi connectivity index (χ2n) is 5.51. The minimum absolute atomic E-state index is 0.320. The molecule has 0 saturated heterocycles. The summed E-state index contributed by atoms with van der Waals surface area (Å²) in [6.07, 6.45) is 4.75. The van der Waals surface area contributed by atoms with Crippen LogP contribution in [0, 0.1) is 28.5 Å². The van der Waals surface area contributed by atoms with E-state index < -0.39 is 0 Å². The Morgan fingerprint density at radius 1 is 1.56 bits per heavy atom. The fraction of sp³-hybridized carbons (Fsp3) is 0.533. The van der Waals surface area contributed by atoms with Crippen molar-refractivity contribution < 1.29 is 4.39 Å². The highest BCUT2D eigenvalue weighted by atomic mass is 35.5. The largest absolute Gasteiger partial charge is 0.207 e. The molecule has 0 aromatic heterocycles. The van der Waals surface area contributed by atoms with Crippen LogP contribution < -0.4 is 0 Å². The van der Waals surface area contributed by atoms with E-state index in [0.29, 0.717) is 17.4 Å². The monoisotopic (exact) mass is 265 g/mol. The van der Waals surface area contributed by atoms with Gasteiger partial charge in [0.25, 0.3) is 0 Å². The van der Waals surface area contributed by atoms with Gasteiger partial charge in [0, 0.05) is 5.02 Å². The highest BCUT2D eigenvalue weighted by molar-refractivity contribution is 6.31. The summed E-state index contributed by atoms with van der Waals surface area (Å²) < 4.78 is 13.0. The second-order valence-corrected chi connectivity index (χ2v) is 5.91. The average Bonchev–Trinajstić information content (AvgIpc) is 2.33. The van der Waals surface area contributed by atoms with Crippen molar-refractivity contribution in [2.24, 2.45) is 11.3 Å². The van der Waals surface area contributed by atoms with Gasteiger partial charge in [-0.2, -0.15) is 5.26 Å². The van der Waals surface area contributed by atoms with Gasteiger partial charge in [0.2, 0.25) is 0 Å². The van der Waals surface area contributed by atoms with Gasteiger partial charge in [-0.3, -0.25) is 0 Å². The summed E-state index contributed by atoms with van der Waals surface area (Å²) in [7, 11) is 0. The zero-order chi connectivity index (χ0) is 13.2. The van der Waals surface area contributed by atoms with Crippen LogP contribution in [0.3, 0.4) is 0 Å². The summed E-state index contributed by atoms with van der Waals surface area (Å²) in [5, 5.41) is 9.93. The van der Waals surface area contributed by atoms with Gasteiger partial charge < -0.3 is 0 Å². The molecule has 2 atom stereocenters. The molecule has 0 bridgehead atoms. The molecule has 2 unspecified atom stereocenters. The molecule has 1 aromatic rings. The first-order valence-electron chi connectivity index (χ1n) is 6.40. The van der Waals surface area contributed by atoms with Gasteiger partial charge in [-0.1, -0.05) is 37.4 Å². The van der Waals surface area contributed by atoms with Crippen molar-refractivity contribution in [2.75, 3.05) is 0 Å². The Hall–Kier alpha value is -1.07. The summed E-state index contributed by atoms with van der Waals surface area (Å²) in [5.74, 6) is 0.254. The summed E-state index contributed by atoms with van der Waals surface area (Å²) in [6.45, 7) is 2.19. The molecule has 0 spiro atoms. The van der Waals surface area contributed by atoms with E-state index in [4.69, 9.17) is 11.6 Å². The van der Waals surface area contributed by atoms with Crippen molar-refractivity contribution in [1.29, 1.82) is 5.26 Å². The topological polar surface area (TPSA) is 23.8 Å².